The summed E-state index contributed by atoms with van der Waals surface area (Å²) in [6, 6.07) is 2.10. The maximum absolute atomic E-state index is 13.4. The summed E-state index contributed by atoms with van der Waals surface area (Å²) in [5.41, 5.74) is 3.71. The monoisotopic (exact) mass is 372 g/mol. The molecule has 0 atom stereocenters. The van der Waals surface area contributed by atoms with Crippen molar-refractivity contribution >= 4 is 5.91 Å². The van der Waals surface area contributed by atoms with E-state index < -0.39 is 0 Å². The maximum Gasteiger partial charge on any atom is 0.263 e. The molecule has 0 radical (unpaired) electrons. The molecule has 2 aromatic rings. The summed E-state index contributed by atoms with van der Waals surface area (Å²) in [7, 11) is 3.50. The van der Waals surface area contributed by atoms with E-state index in [1.807, 2.05) is 38.6 Å². The Balaban J connectivity index is 1.97. The number of rotatable bonds is 7. The van der Waals surface area contributed by atoms with E-state index >= 15 is 0 Å². The van der Waals surface area contributed by atoms with Gasteiger partial charge in [-0.1, -0.05) is 0 Å². The van der Waals surface area contributed by atoms with Crippen LogP contribution < -0.4 is 5.56 Å². The van der Waals surface area contributed by atoms with Gasteiger partial charge in [0.2, 0.25) is 0 Å². The van der Waals surface area contributed by atoms with E-state index in [-0.39, 0.29) is 23.1 Å². The van der Waals surface area contributed by atoms with Crippen molar-refractivity contribution in [1.82, 2.24) is 19.2 Å². The van der Waals surface area contributed by atoms with Crippen LogP contribution in [0.3, 0.4) is 0 Å². The molecule has 1 fully saturated rings. The highest BCUT2D eigenvalue weighted by atomic mass is 16.5. The predicted molar refractivity (Wildman–Crippen MR) is 103 cm³/mol. The minimum Gasteiger partial charge on any atom is -0.383 e. The van der Waals surface area contributed by atoms with Crippen molar-refractivity contribution in [2.45, 2.75) is 46.2 Å². The van der Waals surface area contributed by atoms with Gasteiger partial charge in [0.1, 0.15) is 5.56 Å². The van der Waals surface area contributed by atoms with Crippen molar-refractivity contribution in [1.29, 1.82) is 0 Å². The van der Waals surface area contributed by atoms with Gasteiger partial charge in [-0.2, -0.15) is 5.10 Å². The lowest BCUT2D eigenvalue weighted by molar-refractivity contribution is 0.0676. The van der Waals surface area contributed by atoms with Crippen molar-refractivity contribution in [2.24, 2.45) is 7.05 Å². The molecule has 0 N–H and O–H groups in total. The lowest BCUT2D eigenvalue weighted by atomic mass is 10.1. The average Bonchev–Trinajstić information content (AvgIpc) is 3.42. The molecule has 1 amide bonds. The Kier molecular flexibility index (Phi) is 5.51. The molecule has 2 aromatic heterocycles. The molecular weight excluding hydrogens is 344 g/mol. The van der Waals surface area contributed by atoms with Crippen LogP contribution in [0.5, 0.6) is 0 Å². The van der Waals surface area contributed by atoms with E-state index in [9.17, 15) is 9.59 Å². The minimum atomic E-state index is -0.243. The number of carbonyl (C=O) groups is 1. The third kappa shape index (κ3) is 3.83. The van der Waals surface area contributed by atoms with E-state index in [0.29, 0.717) is 25.3 Å². The van der Waals surface area contributed by atoms with Gasteiger partial charge in [-0.05, 0) is 45.2 Å². The van der Waals surface area contributed by atoms with Gasteiger partial charge >= 0.3 is 0 Å². The fourth-order valence-electron chi connectivity index (χ4n) is 3.39. The summed E-state index contributed by atoms with van der Waals surface area (Å²) >= 11 is 0. The van der Waals surface area contributed by atoms with Crippen LogP contribution in [0.25, 0.3) is 0 Å². The molecule has 0 aromatic carbocycles. The van der Waals surface area contributed by atoms with Crippen LogP contribution in [0.2, 0.25) is 0 Å². The van der Waals surface area contributed by atoms with Crippen LogP contribution in [-0.4, -0.2) is 45.4 Å². The molecule has 0 spiro atoms. The van der Waals surface area contributed by atoms with Crippen LogP contribution in [-0.2, 0) is 18.3 Å². The minimum absolute atomic E-state index is 0.190. The number of pyridine rings is 1. The number of aromatic nitrogens is 3. The summed E-state index contributed by atoms with van der Waals surface area (Å²) in [6.07, 6.45) is 3.80. The number of hydrogen-bond donors (Lipinski definition) is 0. The van der Waals surface area contributed by atoms with Crippen LogP contribution >= 0.6 is 0 Å². The SMILES string of the molecule is COCCN(Cc1c(C)nn(C)c1C)C(=O)c1c(C)ccn(C2CC2)c1=O. The smallest absolute Gasteiger partial charge is 0.263 e. The molecule has 0 bridgehead atoms. The fourth-order valence-corrected chi connectivity index (χ4v) is 3.39. The third-order valence-electron chi connectivity index (χ3n) is 5.34. The molecule has 0 aliphatic heterocycles. The van der Waals surface area contributed by atoms with Gasteiger partial charge < -0.3 is 14.2 Å². The van der Waals surface area contributed by atoms with Crippen molar-refractivity contribution in [3.8, 4) is 0 Å². The van der Waals surface area contributed by atoms with Gasteiger partial charge in [-0.25, -0.2) is 0 Å². The Labute approximate surface area is 159 Å². The first-order chi connectivity index (χ1) is 12.8. The van der Waals surface area contributed by atoms with Crippen LogP contribution in [0.1, 0.15) is 51.8 Å². The molecule has 1 aliphatic carbocycles. The van der Waals surface area contributed by atoms with Crippen molar-refractivity contribution < 1.29 is 9.53 Å². The van der Waals surface area contributed by atoms with Gasteiger partial charge in [-0.3, -0.25) is 14.3 Å². The number of aryl methyl sites for hydroxylation is 3. The van der Waals surface area contributed by atoms with Gasteiger partial charge in [0.25, 0.3) is 11.5 Å². The second-order valence-electron chi connectivity index (χ2n) is 7.31. The van der Waals surface area contributed by atoms with Crippen molar-refractivity contribution in [3.63, 3.8) is 0 Å². The van der Waals surface area contributed by atoms with E-state index in [2.05, 4.69) is 5.10 Å². The van der Waals surface area contributed by atoms with Gasteiger partial charge in [0.15, 0.2) is 0 Å². The lowest BCUT2D eigenvalue weighted by Crippen LogP contribution is -2.39. The van der Waals surface area contributed by atoms with E-state index in [4.69, 9.17) is 4.74 Å². The summed E-state index contributed by atoms with van der Waals surface area (Å²) < 4.78 is 8.72. The fraction of sp³-hybridized carbons (Fsp3) is 0.550. The van der Waals surface area contributed by atoms with E-state index in [1.54, 1.807) is 22.8 Å². The zero-order valence-corrected chi connectivity index (χ0v) is 16.8. The summed E-state index contributed by atoms with van der Waals surface area (Å²) in [6.45, 7) is 6.98. The third-order valence-corrected chi connectivity index (χ3v) is 5.34. The Bertz CT molecular complexity index is 909. The molecule has 146 valence electrons. The van der Waals surface area contributed by atoms with Gasteiger partial charge in [0.05, 0.1) is 12.3 Å². The molecule has 27 heavy (non-hydrogen) atoms. The first kappa shape index (κ1) is 19.4. The molecule has 2 heterocycles. The zero-order chi connectivity index (χ0) is 19.7. The maximum atomic E-state index is 13.4. The number of methoxy groups -OCH3 is 1. The number of nitrogens with zero attached hydrogens (tertiary/aromatic N) is 4. The zero-order valence-electron chi connectivity index (χ0n) is 16.8. The Morgan fingerprint density at radius 3 is 2.59 bits per heavy atom. The van der Waals surface area contributed by atoms with Crippen LogP contribution in [0.4, 0.5) is 0 Å². The Morgan fingerprint density at radius 2 is 2.04 bits per heavy atom. The molecule has 1 saturated carbocycles. The van der Waals surface area contributed by atoms with Crippen LogP contribution in [0.15, 0.2) is 17.1 Å². The largest absolute Gasteiger partial charge is 0.383 e. The molecular formula is C20H28N4O3. The summed E-state index contributed by atoms with van der Waals surface area (Å²) in [4.78, 5) is 28.0. The standard InChI is InChI=1S/C20H28N4O3/c1-13-8-9-24(16-6-7-16)20(26)18(13)19(25)23(10-11-27-5)12-17-14(2)21-22(4)15(17)3/h8-9,16H,6-7,10-12H2,1-5H3. The Morgan fingerprint density at radius 1 is 1.33 bits per heavy atom. The molecule has 3 rings (SSSR count). The number of carbonyl (C=O) groups excluding carboxylic acids is 1. The average molecular weight is 372 g/mol. The number of amides is 1. The topological polar surface area (TPSA) is 69.4 Å². The Hall–Kier alpha value is -2.41. The first-order valence-corrected chi connectivity index (χ1v) is 9.34. The molecule has 0 saturated heterocycles. The molecule has 0 unspecified atom stereocenters. The highest BCUT2D eigenvalue weighted by molar-refractivity contribution is 5.95. The van der Waals surface area contributed by atoms with E-state index in [0.717, 1.165) is 29.8 Å². The summed E-state index contributed by atoms with van der Waals surface area (Å²) in [5.74, 6) is -0.243. The second-order valence-corrected chi connectivity index (χ2v) is 7.31. The number of hydrogen-bond acceptors (Lipinski definition) is 4. The summed E-state index contributed by atoms with van der Waals surface area (Å²) in [5, 5.41) is 4.44. The highest BCUT2D eigenvalue weighted by Crippen LogP contribution is 2.33. The molecule has 7 heteroatoms. The van der Waals surface area contributed by atoms with E-state index in [1.165, 1.54) is 0 Å². The van der Waals surface area contributed by atoms with Crippen LogP contribution in [0, 0.1) is 20.8 Å². The second kappa shape index (κ2) is 7.68. The molecule has 7 nitrogen and oxygen atoms in total. The van der Waals surface area contributed by atoms with Crippen molar-refractivity contribution in [2.75, 3.05) is 20.3 Å². The lowest BCUT2D eigenvalue weighted by Gasteiger charge is -2.23. The van der Waals surface area contributed by atoms with Gasteiger partial charge in [0, 0.05) is 50.7 Å². The van der Waals surface area contributed by atoms with Gasteiger partial charge in [-0.15, -0.1) is 0 Å². The highest BCUT2D eigenvalue weighted by Gasteiger charge is 2.29. The predicted octanol–water partition coefficient (Wildman–Crippen LogP) is 2.13. The first-order valence-electron chi connectivity index (χ1n) is 9.34. The quantitative estimate of drug-likeness (QED) is 0.747. The molecule has 1 aliphatic rings. The number of ether oxygens (including phenoxy) is 1. The van der Waals surface area contributed by atoms with Crippen molar-refractivity contribution in [3.05, 3.63) is 50.7 Å². The normalized spacial score (nSPS) is 13.8.